The molecule has 0 aliphatic rings. The predicted molar refractivity (Wildman–Crippen MR) is 99.9 cm³/mol. The number of nitrogens with one attached hydrogen (secondary N) is 1. The molecule has 0 saturated carbocycles. The van der Waals surface area contributed by atoms with Crippen molar-refractivity contribution < 1.29 is 9.53 Å². The lowest BCUT2D eigenvalue weighted by Crippen LogP contribution is -2.27. The first kappa shape index (κ1) is 17.3. The Morgan fingerprint density at radius 3 is 2.76 bits per heavy atom. The van der Waals surface area contributed by atoms with E-state index in [1.54, 1.807) is 55.8 Å². The third kappa shape index (κ3) is 3.62. The summed E-state index contributed by atoms with van der Waals surface area (Å²) >= 11 is 12.0. The van der Waals surface area contributed by atoms with Gasteiger partial charge in [0, 0.05) is 11.6 Å². The minimum absolute atomic E-state index is 0.135. The van der Waals surface area contributed by atoms with Gasteiger partial charge in [0.05, 0.1) is 22.8 Å². The van der Waals surface area contributed by atoms with Crippen molar-refractivity contribution >= 4 is 45.6 Å². The van der Waals surface area contributed by atoms with Crippen LogP contribution in [0.1, 0.15) is 0 Å². The SMILES string of the molecule is COc1ccc2c(=O)n(CC(=O)Nc3cccc(Cl)c3Cl)ccc2c1. The fourth-order valence-corrected chi connectivity index (χ4v) is 2.81. The van der Waals surface area contributed by atoms with Crippen molar-refractivity contribution in [2.75, 3.05) is 12.4 Å². The van der Waals surface area contributed by atoms with Crippen LogP contribution in [0.25, 0.3) is 10.8 Å². The van der Waals surface area contributed by atoms with Crippen LogP contribution in [0, 0.1) is 0 Å². The van der Waals surface area contributed by atoms with Crippen molar-refractivity contribution in [3.05, 3.63) is 69.1 Å². The summed E-state index contributed by atoms with van der Waals surface area (Å²) in [7, 11) is 1.56. The van der Waals surface area contributed by atoms with Crippen molar-refractivity contribution in [2.45, 2.75) is 6.54 Å². The summed E-state index contributed by atoms with van der Waals surface area (Å²) in [6, 6.07) is 11.9. The van der Waals surface area contributed by atoms with E-state index in [9.17, 15) is 9.59 Å². The number of rotatable bonds is 4. The number of carbonyl (C=O) groups is 1. The normalized spacial score (nSPS) is 10.7. The first-order chi connectivity index (χ1) is 12.0. The van der Waals surface area contributed by atoms with Crippen LogP contribution in [0.3, 0.4) is 0 Å². The second kappa shape index (κ2) is 7.17. The first-order valence-corrected chi connectivity index (χ1v) is 8.16. The van der Waals surface area contributed by atoms with Gasteiger partial charge in [-0.25, -0.2) is 0 Å². The van der Waals surface area contributed by atoms with E-state index in [0.29, 0.717) is 21.8 Å². The van der Waals surface area contributed by atoms with Crippen molar-refractivity contribution in [3.8, 4) is 5.75 Å². The summed E-state index contributed by atoms with van der Waals surface area (Å²) in [6.45, 7) is -0.135. The summed E-state index contributed by atoms with van der Waals surface area (Å²) in [5, 5.41) is 4.52. The fraction of sp³-hybridized carbons (Fsp3) is 0.111. The van der Waals surface area contributed by atoms with E-state index >= 15 is 0 Å². The number of fused-ring (bicyclic) bond motifs is 1. The molecular formula is C18H14Cl2N2O3. The Kier molecular flexibility index (Phi) is 4.97. The number of hydrogen-bond donors (Lipinski definition) is 1. The third-order valence-electron chi connectivity index (χ3n) is 3.72. The van der Waals surface area contributed by atoms with Crippen molar-refractivity contribution in [1.29, 1.82) is 0 Å². The van der Waals surface area contributed by atoms with E-state index in [1.807, 2.05) is 0 Å². The Morgan fingerprint density at radius 2 is 2.00 bits per heavy atom. The van der Waals surface area contributed by atoms with Gasteiger partial charge >= 0.3 is 0 Å². The van der Waals surface area contributed by atoms with Crippen LogP contribution in [0.5, 0.6) is 5.75 Å². The number of benzene rings is 2. The highest BCUT2D eigenvalue weighted by atomic mass is 35.5. The second-order valence-electron chi connectivity index (χ2n) is 5.35. The number of methoxy groups -OCH3 is 1. The molecule has 1 N–H and O–H groups in total. The second-order valence-corrected chi connectivity index (χ2v) is 6.14. The Labute approximate surface area is 153 Å². The Balaban J connectivity index is 1.85. The van der Waals surface area contributed by atoms with E-state index in [-0.39, 0.29) is 23.0 Å². The first-order valence-electron chi connectivity index (χ1n) is 7.40. The van der Waals surface area contributed by atoms with E-state index in [1.165, 1.54) is 4.57 Å². The molecule has 0 spiro atoms. The molecule has 1 aromatic heterocycles. The van der Waals surface area contributed by atoms with E-state index in [2.05, 4.69) is 5.32 Å². The van der Waals surface area contributed by atoms with Gasteiger partial charge < -0.3 is 14.6 Å². The molecule has 1 amide bonds. The monoisotopic (exact) mass is 376 g/mol. The van der Waals surface area contributed by atoms with Crippen LogP contribution in [0.15, 0.2) is 53.5 Å². The van der Waals surface area contributed by atoms with Crippen LogP contribution in [-0.2, 0) is 11.3 Å². The summed E-state index contributed by atoms with van der Waals surface area (Å²) in [5.74, 6) is 0.289. The maximum absolute atomic E-state index is 12.5. The number of hydrogen-bond acceptors (Lipinski definition) is 3. The highest BCUT2D eigenvalue weighted by Crippen LogP contribution is 2.29. The summed E-state index contributed by atoms with van der Waals surface area (Å²) in [6.07, 6.45) is 1.57. The molecule has 2 aromatic carbocycles. The van der Waals surface area contributed by atoms with Gasteiger partial charge in [-0.1, -0.05) is 29.3 Å². The minimum Gasteiger partial charge on any atom is -0.497 e. The molecule has 0 atom stereocenters. The van der Waals surface area contributed by atoms with Crippen LogP contribution in [-0.4, -0.2) is 17.6 Å². The van der Waals surface area contributed by atoms with Crippen molar-refractivity contribution in [1.82, 2.24) is 4.57 Å². The summed E-state index contributed by atoms with van der Waals surface area (Å²) in [4.78, 5) is 24.8. The standard InChI is InChI=1S/C18H14Cl2N2O3/c1-25-12-5-6-13-11(9-12)7-8-22(18(13)24)10-16(23)21-15-4-2-3-14(19)17(15)20/h2-9H,10H2,1H3,(H,21,23). The average molecular weight is 377 g/mol. The van der Waals surface area contributed by atoms with Gasteiger partial charge in [0.2, 0.25) is 5.91 Å². The van der Waals surface area contributed by atoms with Crippen LogP contribution < -0.4 is 15.6 Å². The number of ether oxygens (including phenoxy) is 1. The number of nitrogens with zero attached hydrogens (tertiary/aromatic N) is 1. The van der Waals surface area contributed by atoms with Gasteiger partial charge in [0.15, 0.2) is 0 Å². The largest absolute Gasteiger partial charge is 0.497 e. The molecule has 0 fully saturated rings. The lowest BCUT2D eigenvalue weighted by atomic mass is 10.1. The molecule has 7 heteroatoms. The predicted octanol–water partition coefficient (Wildman–Crippen LogP) is 3.96. The molecule has 0 radical (unpaired) electrons. The molecule has 0 unspecified atom stereocenters. The van der Waals surface area contributed by atoms with Gasteiger partial charge in [0.25, 0.3) is 5.56 Å². The zero-order valence-corrected chi connectivity index (χ0v) is 14.8. The van der Waals surface area contributed by atoms with Crippen LogP contribution in [0.2, 0.25) is 10.0 Å². The zero-order chi connectivity index (χ0) is 18.0. The molecule has 3 aromatic rings. The van der Waals surface area contributed by atoms with Gasteiger partial charge in [0.1, 0.15) is 12.3 Å². The fourth-order valence-electron chi connectivity index (χ4n) is 2.46. The summed E-state index contributed by atoms with van der Waals surface area (Å²) < 4.78 is 6.48. The number of anilines is 1. The molecule has 0 saturated heterocycles. The molecular weight excluding hydrogens is 363 g/mol. The number of amides is 1. The topological polar surface area (TPSA) is 60.3 Å². The molecule has 128 valence electrons. The minimum atomic E-state index is -0.376. The Morgan fingerprint density at radius 1 is 1.20 bits per heavy atom. The van der Waals surface area contributed by atoms with E-state index in [0.717, 1.165) is 5.39 Å². The maximum atomic E-state index is 12.5. The molecule has 0 aliphatic heterocycles. The zero-order valence-electron chi connectivity index (χ0n) is 13.3. The molecule has 1 heterocycles. The summed E-state index contributed by atoms with van der Waals surface area (Å²) in [5.41, 5.74) is 0.144. The molecule has 25 heavy (non-hydrogen) atoms. The lowest BCUT2D eigenvalue weighted by Gasteiger charge is -2.10. The van der Waals surface area contributed by atoms with Gasteiger partial charge in [-0.05, 0) is 41.8 Å². The molecule has 0 aliphatic carbocycles. The van der Waals surface area contributed by atoms with Gasteiger partial charge in [-0.15, -0.1) is 0 Å². The number of carbonyl (C=O) groups excluding carboxylic acids is 1. The van der Waals surface area contributed by atoms with E-state index < -0.39 is 0 Å². The highest BCUT2D eigenvalue weighted by molar-refractivity contribution is 6.43. The lowest BCUT2D eigenvalue weighted by molar-refractivity contribution is -0.116. The van der Waals surface area contributed by atoms with Crippen molar-refractivity contribution in [2.24, 2.45) is 0 Å². The smallest absolute Gasteiger partial charge is 0.258 e. The molecule has 5 nitrogen and oxygen atoms in total. The molecule has 3 rings (SSSR count). The number of aromatic nitrogens is 1. The quantitative estimate of drug-likeness (QED) is 0.749. The van der Waals surface area contributed by atoms with Crippen LogP contribution in [0.4, 0.5) is 5.69 Å². The number of halogens is 2. The Bertz CT molecular complexity index is 1010. The third-order valence-corrected chi connectivity index (χ3v) is 4.54. The van der Waals surface area contributed by atoms with E-state index in [4.69, 9.17) is 27.9 Å². The number of pyridine rings is 1. The van der Waals surface area contributed by atoms with Gasteiger partial charge in [-0.2, -0.15) is 0 Å². The average Bonchev–Trinajstić information content (AvgIpc) is 2.61. The van der Waals surface area contributed by atoms with Gasteiger partial charge in [-0.3, -0.25) is 9.59 Å². The maximum Gasteiger partial charge on any atom is 0.258 e. The Hall–Kier alpha value is -2.50. The van der Waals surface area contributed by atoms with Crippen LogP contribution >= 0.6 is 23.2 Å². The highest BCUT2D eigenvalue weighted by Gasteiger charge is 2.11. The van der Waals surface area contributed by atoms with Crippen molar-refractivity contribution in [3.63, 3.8) is 0 Å². The molecule has 0 bridgehead atoms.